The zero-order valence-electron chi connectivity index (χ0n) is 12.5. The molecule has 0 spiro atoms. The Bertz CT molecular complexity index is 264. The maximum atomic E-state index is 6.51. The van der Waals surface area contributed by atoms with Gasteiger partial charge in [0.15, 0.2) is 8.32 Å². The predicted octanol–water partition coefficient (Wildman–Crippen LogP) is 5.91. The van der Waals surface area contributed by atoms with Gasteiger partial charge < -0.3 is 4.43 Å². The molecule has 0 N–H and O–H groups in total. The first-order valence-corrected chi connectivity index (χ1v) is 12.0. The van der Waals surface area contributed by atoms with Crippen LogP contribution in [0.4, 0.5) is 0 Å². The highest BCUT2D eigenvalue weighted by Gasteiger charge is 2.41. The van der Waals surface area contributed by atoms with Crippen LogP contribution in [-0.4, -0.2) is 14.4 Å². The van der Waals surface area contributed by atoms with E-state index in [1.165, 1.54) is 44.9 Å². The molecule has 1 aliphatic rings. The molecule has 0 heterocycles. The molecule has 3 heteroatoms. The molecule has 0 aromatic rings. The van der Waals surface area contributed by atoms with Gasteiger partial charge in [0.1, 0.15) is 0 Å². The topological polar surface area (TPSA) is 9.23 Å². The van der Waals surface area contributed by atoms with E-state index in [0.29, 0.717) is 11.5 Å². The predicted molar refractivity (Wildman–Crippen MR) is 91.8 cm³/mol. The lowest BCUT2D eigenvalue weighted by Gasteiger charge is -2.39. The summed E-state index contributed by atoms with van der Waals surface area (Å²) in [5, 5.41) is 0. The molecule has 1 atom stereocenters. The molecule has 1 nitrogen and oxygen atoms in total. The van der Waals surface area contributed by atoms with Crippen molar-refractivity contribution in [3.63, 3.8) is 0 Å². The van der Waals surface area contributed by atoms with Gasteiger partial charge in [0.05, 0.1) is 6.10 Å². The third-order valence-corrected chi connectivity index (χ3v) is 5.34. The van der Waals surface area contributed by atoms with Crippen molar-refractivity contribution in [2.75, 3.05) is 0 Å². The summed E-state index contributed by atoms with van der Waals surface area (Å²) in [4.78, 5) is 0. The minimum absolute atomic E-state index is 0.357. The minimum atomic E-state index is -1.47. The number of hydrogen-bond acceptors (Lipinski definition) is 1. The quantitative estimate of drug-likeness (QED) is 0.394. The van der Waals surface area contributed by atoms with Crippen LogP contribution in [0, 0.1) is 5.41 Å². The molecule has 106 valence electrons. The highest BCUT2D eigenvalue weighted by Crippen LogP contribution is 2.47. The van der Waals surface area contributed by atoms with Crippen molar-refractivity contribution in [1.82, 2.24) is 0 Å². The lowest BCUT2D eigenvalue weighted by atomic mass is 9.76. The van der Waals surface area contributed by atoms with E-state index in [9.17, 15) is 0 Å². The molecule has 1 fully saturated rings. The highest BCUT2D eigenvalue weighted by atomic mass is 127. The molecule has 18 heavy (non-hydrogen) atoms. The van der Waals surface area contributed by atoms with E-state index in [-0.39, 0.29) is 0 Å². The van der Waals surface area contributed by atoms with Crippen molar-refractivity contribution in [3.8, 4) is 0 Å². The molecule has 0 aromatic carbocycles. The van der Waals surface area contributed by atoms with Crippen LogP contribution in [-0.2, 0) is 4.43 Å². The molecule has 0 aromatic heterocycles. The summed E-state index contributed by atoms with van der Waals surface area (Å²) >= 11 is 2.34. The van der Waals surface area contributed by atoms with Crippen LogP contribution >= 0.6 is 22.6 Å². The normalized spacial score (nSPS) is 21.6. The van der Waals surface area contributed by atoms with Crippen molar-refractivity contribution >= 4 is 30.9 Å². The van der Waals surface area contributed by atoms with Crippen molar-refractivity contribution in [3.05, 3.63) is 10.2 Å². The van der Waals surface area contributed by atoms with E-state index < -0.39 is 8.32 Å². The van der Waals surface area contributed by atoms with Gasteiger partial charge in [-0.05, 0) is 48.4 Å². The van der Waals surface area contributed by atoms with Gasteiger partial charge in [-0.15, -0.1) is 0 Å². The van der Waals surface area contributed by atoms with E-state index in [1.54, 1.807) is 0 Å². The van der Waals surface area contributed by atoms with E-state index in [0.717, 1.165) is 0 Å². The number of hydrogen-bond donors (Lipinski definition) is 0. The second kappa shape index (κ2) is 7.43. The van der Waals surface area contributed by atoms with Crippen LogP contribution in [0.15, 0.2) is 10.2 Å². The molecule has 0 aliphatic heterocycles. The second-order valence-corrected chi connectivity index (χ2v) is 11.8. The van der Waals surface area contributed by atoms with Crippen molar-refractivity contribution in [2.45, 2.75) is 77.6 Å². The smallest absolute Gasteiger partial charge is 0.184 e. The van der Waals surface area contributed by atoms with E-state index in [2.05, 4.69) is 59.3 Å². The summed E-state index contributed by atoms with van der Waals surface area (Å²) in [7, 11) is -1.47. The zero-order chi connectivity index (χ0) is 13.6. The number of rotatable bonds is 7. The maximum absolute atomic E-state index is 6.51. The zero-order valence-corrected chi connectivity index (χ0v) is 15.6. The van der Waals surface area contributed by atoms with Crippen LogP contribution in [0.3, 0.4) is 0 Å². The Morgan fingerprint density at radius 1 is 1.28 bits per heavy atom. The first kappa shape index (κ1) is 16.7. The SMILES string of the molecule is CCCCC1(C(/C=C/I)O[Si](C)(C)C)CCCC1. The van der Waals surface area contributed by atoms with Crippen LogP contribution in [0.2, 0.25) is 19.6 Å². The Hall–Kier alpha value is 0.647. The third kappa shape index (κ3) is 4.97. The average molecular weight is 380 g/mol. The molecule has 1 rings (SSSR count). The van der Waals surface area contributed by atoms with Crippen LogP contribution in [0.25, 0.3) is 0 Å². The molecule has 0 amide bonds. The van der Waals surface area contributed by atoms with E-state index >= 15 is 0 Å². The monoisotopic (exact) mass is 380 g/mol. The summed E-state index contributed by atoms with van der Waals surface area (Å²) in [5.74, 6) is 0. The van der Waals surface area contributed by atoms with Gasteiger partial charge in [0.2, 0.25) is 0 Å². The van der Waals surface area contributed by atoms with Gasteiger partial charge in [-0.1, -0.05) is 61.3 Å². The van der Waals surface area contributed by atoms with Crippen LogP contribution < -0.4 is 0 Å². The highest BCUT2D eigenvalue weighted by molar-refractivity contribution is 14.1. The van der Waals surface area contributed by atoms with Gasteiger partial charge in [-0.3, -0.25) is 0 Å². The summed E-state index contributed by atoms with van der Waals surface area (Å²) < 4.78 is 8.67. The van der Waals surface area contributed by atoms with Gasteiger partial charge in [0, 0.05) is 0 Å². The lowest BCUT2D eigenvalue weighted by Crippen LogP contribution is -2.41. The fourth-order valence-corrected chi connectivity index (χ4v) is 4.57. The Kier molecular flexibility index (Phi) is 6.90. The van der Waals surface area contributed by atoms with Crippen LogP contribution in [0.1, 0.15) is 51.9 Å². The first-order valence-electron chi connectivity index (χ1n) is 7.38. The van der Waals surface area contributed by atoms with Gasteiger partial charge in [-0.25, -0.2) is 0 Å². The summed E-state index contributed by atoms with van der Waals surface area (Å²) in [6.45, 7) is 9.22. The molecule has 0 bridgehead atoms. The summed E-state index contributed by atoms with van der Waals surface area (Å²) in [6, 6.07) is 0. The van der Waals surface area contributed by atoms with Crippen LogP contribution in [0.5, 0.6) is 0 Å². The molecule has 1 saturated carbocycles. The third-order valence-electron chi connectivity index (χ3n) is 3.96. The standard InChI is InChI=1S/C15H29IOSi/c1-5-6-10-15(11-7-8-12-15)14(9-13-16)17-18(2,3)4/h9,13-14H,5-8,10-12H2,1-4H3/b13-9+. The fraction of sp³-hybridized carbons (Fsp3) is 0.867. The Morgan fingerprint density at radius 2 is 1.89 bits per heavy atom. The maximum Gasteiger partial charge on any atom is 0.184 e. The van der Waals surface area contributed by atoms with Gasteiger partial charge >= 0.3 is 0 Å². The second-order valence-electron chi connectivity index (χ2n) is 6.64. The van der Waals surface area contributed by atoms with E-state index in [1.807, 2.05) is 0 Å². The largest absolute Gasteiger partial charge is 0.411 e. The molecule has 1 aliphatic carbocycles. The van der Waals surface area contributed by atoms with Crippen molar-refractivity contribution in [2.24, 2.45) is 5.41 Å². The Balaban J connectivity index is 2.83. The molecule has 1 unspecified atom stereocenters. The summed E-state index contributed by atoms with van der Waals surface area (Å²) in [6.07, 6.45) is 12.2. The first-order chi connectivity index (χ1) is 8.43. The number of halogens is 1. The minimum Gasteiger partial charge on any atom is -0.411 e. The van der Waals surface area contributed by atoms with Gasteiger partial charge in [-0.2, -0.15) is 0 Å². The van der Waals surface area contributed by atoms with Crippen molar-refractivity contribution < 1.29 is 4.43 Å². The molecule has 0 radical (unpaired) electrons. The molecular weight excluding hydrogens is 351 g/mol. The van der Waals surface area contributed by atoms with E-state index in [4.69, 9.17) is 4.43 Å². The Labute approximate surface area is 128 Å². The molecular formula is C15H29IOSi. The number of unbranched alkanes of at least 4 members (excludes halogenated alkanes) is 1. The molecule has 0 saturated heterocycles. The lowest BCUT2D eigenvalue weighted by molar-refractivity contribution is 0.0706. The summed E-state index contributed by atoms with van der Waals surface area (Å²) in [5.41, 5.74) is 0.442. The average Bonchev–Trinajstić information content (AvgIpc) is 2.74. The van der Waals surface area contributed by atoms with Crippen molar-refractivity contribution in [1.29, 1.82) is 0 Å². The van der Waals surface area contributed by atoms with Gasteiger partial charge in [0.25, 0.3) is 0 Å². The fourth-order valence-electron chi connectivity index (χ4n) is 3.10. The Morgan fingerprint density at radius 3 is 2.33 bits per heavy atom.